The minimum Gasteiger partial charge on any atom is -0.379 e. The molecule has 1 saturated heterocycles. The molecule has 1 aliphatic heterocycles. The normalized spacial score (nSPS) is 15.3. The van der Waals surface area contributed by atoms with Crippen molar-refractivity contribution in [1.29, 1.82) is 0 Å². The molecule has 0 bridgehead atoms. The van der Waals surface area contributed by atoms with E-state index in [0.717, 1.165) is 35.6 Å². The quantitative estimate of drug-likeness (QED) is 0.512. The van der Waals surface area contributed by atoms with Gasteiger partial charge in [0.05, 0.1) is 23.5 Å². The van der Waals surface area contributed by atoms with Crippen molar-refractivity contribution < 1.29 is 31.5 Å². The number of amides is 1. The lowest BCUT2D eigenvalue weighted by atomic mass is 10.1. The lowest BCUT2D eigenvalue weighted by molar-refractivity contribution is -0.137. The van der Waals surface area contributed by atoms with Gasteiger partial charge in [-0.25, -0.2) is 13.8 Å². The number of hydrogen-bond donors (Lipinski definition) is 0. The van der Waals surface area contributed by atoms with E-state index in [1.165, 1.54) is 11.0 Å². The number of nitrogens with zero attached hydrogens (tertiary/aromatic N) is 3. The number of ether oxygens (including phenoxy) is 1. The van der Waals surface area contributed by atoms with E-state index >= 15 is 0 Å². The van der Waals surface area contributed by atoms with Crippen LogP contribution in [0, 0.1) is 11.6 Å². The number of benzene rings is 2. The Morgan fingerprint density at radius 2 is 1.91 bits per heavy atom. The van der Waals surface area contributed by atoms with Gasteiger partial charge in [-0.2, -0.15) is 13.2 Å². The van der Waals surface area contributed by atoms with E-state index in [4.69, 9.17) is 4.74 Å². The summed E-state index contributed by atoms with van der Waals surface area (Å²) in [5, 5.41) is 0.0835. The Morgan fingerprint density at radius 1 is 1.16 bits per heavy atom. The van der Waals surface area contributed by atoms with E-state index in [1.807, 2.05) is 4.90 Å². The summed E-state index contributed by atoms with van der Waals surface area (Å²) >= 11 is 0.902. The second-order valence-corrected chi connectivity index (χ2v) is 8.23. The van der Waals surface area contributed by atoms with Crippen LogP contribution in [0.25, 0.3) is 10.2 Å². The van der Waals surface area contributed by atoms with E-state index in [9.17, 15) is 26.7 Å². The lowest BCUT2D eigenvalue weighted by Crippen LogP contribution is -2.43. The molecule has 5 nitrogen and oxygen atoms in total. The van der Waals surface area contributed by atoms with Crippen LogP contribution in [0.2, 0.25) is 0 Å². The van der Waals surface area contributed by atoms with Gasteiger partial charge in [0.15, 0.2) is 10.9 Å². The summed E-state index contributed by atoms with van der Waals surface area (Å²) in [4.78, 5) is 20.7. The van der Waals surface area contributed by atoms with Crippen molar-refractivity contribution in [3.05, 3.63) is 59.2 Å². The fraction of sp³-hybridized carbons (Fsp3) is 0.333. The summed E-state index contributed by atoms with van der Waals surface area (Å²) in [6.07, 6.45) is -4.61. The molecule has 170 valence electrons. The molecule has 0 spiro atoms. The van der Waals surface area contributed by atoms with Gasteiger partial charge in [0.1, 0.15) is 11.3 Å². The zero-order chi connectivity index (χ0) is 22.9. The highest BCUT2D eigenvalue weighted by Gasteiger charge is 2.32. The number of hydrogen-bond acceptors (Lipinski definition) is 5. The standard InChI is InChI=1S/C21H18F5N3O2S/c22-15-11-16(23)18-17(12-15)32-20(27-18)29(5-4-28-6-8-31-9-7-28)19(30)13-2-1-3-14(10-13)21(24,25)26/h1-3,10-12H,4-9H2. The molecular formula is C21H18F5N3O2S. The van der Waals surface area contributed by atoms with Crippen LogP contribution in [0.15, 0.2) is 36.4 Å². The third-order valence-electron chi connectivity index (χ3n) is 5.06. The van der Waals surface area contributed by atoms with Gasteiger partial charge in [-0.05, 0) is 24.3 Å². The zero-order valence-corrected chi connectivity index (χ0v) is 17.5. The van der Waals surface area contributed by atoms with Crippen LogP contribution in [0.3, 0.4) is 0 Å². The van der Waals surface area contributed by atoms with E-state index in [-0.39, 0.29) is 27.5 Å². The Labute approximate surface area is 184 Å². The van der Waals surface area contributed by atoms with Crippen LogP contribution < -0.4 is 4.90 Å². The molecule has 0 N–H and O–H groups in total. The van der Waals surface area contributed by atoms with Crippen molar-refractivity contribution in [1.82, 2.24) is 9.88 Å². The Morgan fingerprint density at radius 3 is 2.62 bits per heavy atom. The largest absolute Gasteiger partial charge is 0.416 e. The van der Waals surface area contributed by atoms with Crippen LogP contribution in [0.5, 0.6) is 0 Å². The minimum absolute atomic E-state index is 0.0835. The van der Waals surface area contributed by atoms with Gasteiger partial charge in [-0.1, -0.05) is 17.4 Å². The molecule has 32 heavy (non-hydrogen) atoms. The van der Waals surface area contributed by atoms with E-state index in [1.54, 1.807) is 0 Å². The maximum Gasteiger partial charge on any atom is 0.416 e. The number of alkyl halides is 3. The molecule has 1 aliphatic rings. The number of thiazole rings is 1. The first-order valence-corrected chi connectivity index (χ1v) is 10.6. The third-order valence-corrected chi connectivity index (χ3v) is 6.08. The molecule has 1 aromatic heterocycles. The number of halogens is 5. The highest BCUT2D eigenvalue weighted by molar-refractivity contribution is 7.22. The van der Waals surface area contributed by atoms with Crippen LogP contribution in [0.4, 0.5) is 27.1 Å². The van der Waals surface area contributed by atoms with E-state index < -0.39 is 29.3 Å². The Balaban J connectivity index is 1.69. The van der Waals surface area contributed by atoms with Crippen LogP contribution in [-0.2, 0) is 10.9 Å². The summed E-state index contributed by atoms with van der Waals surface area (Å²) in [6.45, 7) is 2.89. The average Bonchev–Trinajstić information content (AvgIpc) is 3.18. The van der Waals surface area contributed by atoms with Gasteiger partial charge in [0, 0.05) is 37.8 Å². The molecule has 11 heteroatoms. The van der Waals surface area contributed by atoms with Crippen molar-refractivity contribution in [3.8, 4) is 0 Å². The zero-order valence-electron chi connectivity index (χ0n) is 16.7. The van der Waals surface area contributed by atoms with Gasteiger partial charge in [-0.3, -0.25) is 14.6 Å². The number of fused-ring (bicyclic) bond motifs is 1. The smallest absolute Gasteiger partial charge is 0.379 e. The second kappa shape index (κ2) is 9.08. The fourth-order valence-electron chi connectivity index (χ4n) is 3.40. The Bertz CT molecular complexity index is 1130. The summed E-state index contributed by atoms with van der Waals surface area (Å²) in [6, 6.07) is 5.89. The van der Waals surface area contributed by atoms with Crippen molar-refractivity contribution in [2.24, 2.45) is 0 Å². The predicted molar refractivity (Wildman–Crippen MR) is 110 cm³/mol. The molecule has 1 amide bonds. The van der Waals surface area contributed by atoms with Gasteiger partial charge < -0.3 is 4.74 Å². The van der Waals surface area contributed by atoms with Gasteiger partial charge >= 0.3 is 6.18 Å². The summed E-state index contributed by atoms with van der Waals surface area (Å²) in [5.74, 6) is -2.36. The molecule has 3 aromatic rings. The van der Waals surface area contributed by atoms with Crippen molar-refractivity contribution in [3.63, 3.8) is 0 Å². The van der Waals surface area contributed by atoms with Crippen molar-refractivity contribution in [2.75, 3.05) is 44.3 Å². The number of aromatic nitrogens is 1. The maximum absolute atomic E-state index is 14.2. The molecule has 0 aliphatic carbocycles. The molecular weight excluding hydrogens is 453 g/mol. The predicted octanol–water partition coefficient (Wildman–Crippen LogP) is 4.57. The first-order valence-electron chi connectivity index (χ1n) is 9.77. The topological polar surface area (TPSA) is 45.7 Å². The molecule has 0 atom stereocenters. The van der Waals surface area contributed by atoms with Crippen LogP contribution >= 0.6 is 11.3 Å². The Kier molecular flexibility index (Phi) is 6.40. The molecule has 4 rings (SSSR count). The minimum atomic E-state index is -4.61. The SMILES string of the molecule is O=C(c1cccc(C(F)(F)F)c1)N(CCN1CCOCC1)c1nc2c(F)cc(F)cc2s1. The van der Waals surface area contributed by atoms with Crippen LogP contribution in [0.1, 0.15) is 15.9 Å². The highest BCUT2D eigenvalue weighted by atomic mass is 32.1. The maximum atomic E-state index is 14.2. The number of anilines is 1. The molecule has 0 radical (unpaired) electrons. The van der Waals surface area contributed by atoms with Crippen LogP contribution in [-0.4, -0.2) is 55.2 Å². The first-order chi connectivity index (χ1) is 15.2. The number of carbonyl (C=O) groups excluding carboxylic acids is 1. The fourth-order valence-corrected chi connectivity index (χ4v) is 4.42. The second-order valence-electron chi connectivity index (χ2n) is 7.22. The van der Waals surface area contributed by atoms with Gasteiger partial charge in [0.25, 0.3) is 5.91 Å². The van der Waals surface area contributed by atoms with Gasteiger partial charge in [0.2, 0.25) is 0 Å². The molecule has 1 fully saturated rings. The number of morpholine rings is 1. The average molecular weight is 471 g/mol. The molecule has 0 saturated carbocycles. The first kappa shape index (κ1) is 22.6. The van der Waals surface area contributed by atoms with Gasteiger partial charge in [-0.15, -0.1) is 0 Å². The number of rotatable bonds is 5. The van der Waals surface area contributed by atoms with Crippen molar-refractivity contribution >= 4 is 32.6 Å². The molecule has 0 unspecified atom stereocenters. The Hall–Kier alpha value is -2.63. The molecule has 2 aromatic carbocycles. The molecule has 2 heterocycles. The monoisotopic (exact) mass is 471 g/mol. The number of carbonyl (C=O) groups is 1. The lowest BCUT2D eigenvalue weighted by Gasteiger charge is -2.29. The van der Waals surface area contributed by atoms with E-state index in [2.05, 4.69) is 4.98 Å². The summed E-state index contributed by atoms with van der Waals surface area (Å²) < 4.78 is 72.7. The summed E-state index contributed by atoms with van der Waals surface area (Å²) in [7, 11) is 0. The van der Waals surface area contributed by atoms with Crippen molar-refractivity contribution in [2.45, 2.75) is 6.18 Å². The highest BCUT2D eigenvalue weighted by Crippen LogP contribution is 2.33. The van der Waals surface area contributed by atoms with E-state index in [0.29, 0.717) is 38.9 Å². The third kappa shape index (κ3) is 4.89. The summed E-state index contributed by atoms with van der Waals surface area (Å²) in [5.41, 5.74) is -1.22.